The minimum atomic E-state index is -4.27. The zero-order valence-electron chi connectivity index (χ0n) is 20.0. The summed E-state index contributed by atoms with van der Waals surface area (Å²) in [4.78, 5) is -0.178. The van der Waals surface area contributed by atoms with E-state index in [1.807, 2.05) is 56.4 Å². The van der Waals surface area contributed by atoms with Gasteiger partial charge in [-0.15, -0.1) is 0 Å². The molecule has 190 valence electrons. The van der Waals surface area contributed by atoms with Crippen molar-refractivity contribution in [2.24, 2.45) is 0 Å². The van der Waals surface area contributed by atoms with Gasteiger partial charge in [0, 0.05) is 18.2 Å². The molecule has 9 heteroatoms. The second-order valence-electron chi connectivity index (χ2n) is 8.40. The van der Waals surface area contributed by atoms with Gasteiger partial charge in [0.05, 0.1) is 42.3 Å². The van der Waals surface area contributed by atoms with E-state index < -0.39 is 21.5 Å². The van der Waals surface area contributed by atoms with Crippen LogP contribution in [0.2, 0.25) is 0 Å². The Morgan fingerprint density at radius 1 is 1.08 bits per heavy atom. The smallest absolute Gasteiger partial charge is 0.344 e. The molecule has 2 aromatic carbocycles. The highest BCUT2D eigenvalue weighted by atomic mass is 32.2. The number of carbonyl (C=O) groups excluding carboxylic acids is 1. The number of ketones is 1. The average Bonchev–Trinajstić information content (AvgIpc) is 3.44. The first kappa shape index (κ1) is 25.8. The second kappa shape index (κ2) is 10.4. The average molecular weight is 513 g/mol. The van der Waals surface area contributed by atoms with Crippen LogP contribution >= 0.6 is 0 Å². The van der Waals surface area contributed by atoms with Gasteiger partial charge in [-0.25, -0.2) is 12.8 Å². The molecule has 0 bridgehead atoms. The molecule has 1 saturated heterocycles. The van der Waals surface area contributed by atoms with Crippen LogP contribution in [-0.2, 0) is 29.9 Å². The van der Waals surface area contributed by atoms with Gasteiger partial charge in [0.1, 0.15) is 10.1 Å². The van der Waals surface area contributed by atoms with Crippen molar-refractivity contribution in [3.63, 3.8) is 0 Å². The Morgan fingerprint density at radius 2 is 1.72 bits per heavy atom. The van der Waals surface area contributed by atoms with E-state index in [1.54, 1.807) is 18.2 Å². The van der Waals surface area contributed by atoms with Crippen molar-refractivity contribution in [2.45, 2.75) is 36.6 Å². The third-order valence-electron chi connectivity index (χ3n) is 5.87. The number of aliphatic hydroxyl groups is 1. The van der Waals surface area contributed by atoms with Crippen LogP contribution in [0.4, 0.5) is 0 Å². The maximum atomic E-state index is 10.4. The number of allylic oxidation sites excluding steroid dienone is 1. The lowest BCUT2D eigenvalue weighted by Crippen LogP contribution is -2.31. The normalized spacial score (nSPS) is 19.1. The summed E-state index contributed by atoms with van der Waals surface area (Å²) in [6.07, 6.45) is 9.85. The van der Waals surface area contributed by atoms with E-state index in [9.17, 15) is 18.1 Å². The molecule has 2 heterocycles. The highest BCUT2D eigenvalue weighted by Crippen LogP contribution is 2.42. The van der Waals surface area contributed by atoms with Crippen molar-refractivity contribution in [3.05, 3.63) is 102 Å². The van der Waals surface area contributed by atoms with Gasteiger partial charge in [-0.05, 0) is 50.3 Å². The first-order chi connectivity index (χ1) is 17.2. The molecule has 1 N–H and O–H groups in total. The van der Waals surface area contributed by atoms with Crippen LogP contribution in [0.15, 0.2) is 89.8 Å². The minimum absolute atomic E-state index is 0.0848. The molecule has 8 nitrogen and oxygen atoms in total. The fourth-order valence-corrected chi connectivity index (χ4v) is 4.57. The molecule has 5 rings (SSSR count). The molecule has 2 aliphatic heterocycles. The molecule has 0 amide bonds. The lowest BCUT2D eigenvalue weighted by molar-refractivity contribution is -0.353. The molecular formula is C27H28O8S. The summed E-state index contributed by atoms with van der Waals surface area (Å²) in [5.41, 5.74) is 2.36. The summed E-state index contributed by atoms with van der Waals surface area (Å²) in [5.74, 6) is -0.0572. The number of ether oxygens (including phenoxy) is 3. The predicted octanol–water partition coefficient (Wildman–Crippen LogP) is 4.21. The third-order valence-corrected chi connectivity index (χ3v) is 6.72. The fraction of sp³-hybridized carbons (Fsp3) is 0.296. The van der Waals surface area contributed by atoms with E-state index in [-0.39, 0.29) is 10.8 Å². The topological polar surface area (TPSA) is 116 Å². The SMILES string of the molecule is CCO/C(O)=C/CC1=[O+]C2(C=CC3(C=C2)OCCO3)c2ccccc21.Cc1ccc(S(=O)(=O)[O-])cc1. The van der Waals surface area contributed by atoms with Gasteiger partial charge >= 0.3 is 11.4 Å². The maximum absolute atomic E-state index is 10.4. The monoisotopic (exact) mass is 512 g/mol. The lowest BCUT2D eigenvalue weighted by Gasteiger charge is -2.24. The first-order valence-electron chi connectivity index (χ1n) is 11.5. The first-order valence-corrected chi connectivity index (χ1v) is 13.0. The van der Waals surface area contributed by atoms with Crippen LogP contribution in [0.3, 0.4) is 0 Å². The Morgan fingerprint density at radius 3 is 2.33 bits per heavy atom. The van der Waals surface area contributed by atoms with Gasteiger partial charge < -0.3 is 23.9 Å². The van der Waals surface area contributed by atoms with E-state index in [0.29, 0.717) is 26.2 Å². The number of hydrogen-bond donors (Lipinski definition) is 1. The van der Waals surface area contributed by atoms with Gasteiger partial charge in [0.15, 0.2) is 0 Å². The van der Waals surface area contributed by atoms with Crippen LogP contribution in [0.25, 0.3) is 0 Å². The molecule has 0 atom stereocenters. The van der Waals surface area contributed by atoms with E-state index >= 15 is 0 Å². The van der Waals surface area contributed by atoms with Gasteiger partial charge in [-0.3, -0.25) is 0 Å². The summed E-state index contributed by atoms with van der Waals surface area (Å²) in [5, 5.41) is 9.71. The molecule has 2 aromatic rings. The second-order valence-corrected chi connectivity index (χ2v) is 9.78. The summed E-state index contributed by atoms with van der Waals surface area (Å²) in [7, 11) is -4.27. The summed E-state index contributed by atoms with van der Waals surface area (Å²) in [6.45, 7) is 5.23. The fourth-order valence-electron chi connectivity index (χ4n) is 4.10. The Bertz CT molecular complexity index is 1300. The van der Waals surface area contributed by atoms with Gasteiger partial charge in [-0.2, -0.15) is 0 Å². The third kappa shape index (κ3) is 5.60. The molecule has 1 aliphatic carbocycles. The number of aliphatic hydroxyl groups excluding tert-OH is 1. The molecule has 0 aromatic heterocycles. The Kier molecular flexibility index (Phi) is 7.46. The zero-order chi connectivity index (χ0) is 25.8. The van der Waals surface area contributed by atoms with Gasteiger partial charge in [0.25, 0.3) is 5.95 Å². The van der Waals surface area contributed by atoms with Crippen LogP contribution < -0.4 is 0 Å². The Hall–Kier alpha value is -3.24. The van der Waals surface area contributed by atoms with Gasteiger partial charge in [-0.1, -0.05) is 29.8 Å². The Balaban J connectivity index is 0.000000233. The molecule has 36 heavy (non-hydrogen) atoms. The summed E-state index contributed by atoms with van der Waals surface area (Å²) in [6, 6.07) is 13.8. The molecule has 0 unspecified atom stereocenters. The minimum Gasteiger partial charge on any atom is -0.744 e. The zero-order valence-corrected chi connectivity index (χ0v) is 20.9. The van der Waals surface area contributed by atoms with E-state index in [0.717, 1.165) is 22.5 Å². The summed E-state index contributed by atoms with van der Waals surface area (Å²) >= 11 is 0. The molecule has 2 spiro atoms. The van der Waals surface area contributed by atoms with Crippen LogP contribution in [0.1, 0.15) is 34.5 Å². The van der Waals surface area contributed by atoms with E-state index in [2.05, 4.69) is 6.07 Å². The van der Waals surface area contributed by atoms with Crippen LogP contribution in [-0.4, -0.2) is 49.5 Å². The number of fused-ring (bicyclic) bond motifs is 2. The predicted molar refractivity (Wildman–Crippen MR) is 131 cm³/mol. The van der Waals surface area contributed by atoms with Crippen molar-refractivity contribution in [3.8, 4) is 0 Å². The number of hydrogen-bond acceptors (Lipinski definition) is 7. The molecule has 0 saturated carbocycles. The Labute approximate surface area is 210 Å². The molecular weight excluding hydrogens is 484 g/mol. The lowest BCUT2D eigenvalue weighted by atomic mass is 9.86. The van der Waals surface area contributed by atoms with Crippen molar-refractivity contribution < 1.29 is 36.7 Å². The standard InChI is InChI=1S/C20H20O5.C7H8O3S/c1-2-22-18(21)8-7-17-15-5-3-4-6-16(15)19(25-17)9-11-20(12-10-19)23-13-14-24-20;1-6-2-4-7(5-3-6)11(8,9)10/h3-6,8-12H,2,7,13-14H2,1H3;2-5H,1H3,(H,8,9,10)/b18-8+;. The number of benzene rings is 2. The van der Waals surface area contributed by atoms with Crippen LogP contribution in [0.5, 0.6) is 0 Å². The maximum Gasteiger partial charge on any atom is 0.344 e. The van der Waals surface area contributed by atoms with Crippen molar-refractivity contribution in [1.82, 2.24) is 0 Å². The van der Waals surface area contributed by atoms with E-state index in [1.165, 1.54) is 12.1 Å². The van der Waals surface area contributed by atoms with E-state index in [4.69, 9.17) is 18.6 Å². The highest BCUT2D eigenvalue weighted by Gasteiger charge is 2.52. The summed E-state index contributed by atoms with van der Waals surface area (Å²) < 4.78 is 53.9. The largest absolute Gasteiger partial charge is 0.744 e. The molecule has 0 radical (unpaired) electrons. The van der Waals surface area contributed by atoms with Crippen molar-refractivity contribution in [1.29, 1.82) is 0 Å². The van der Waals surface area contributed by atoms with Crippen molar-refractivity contribution in [2.75, 3.05) is 19.8 Å². The molecule has 1 fully saturated rings. The number of aryl methyl sites for hydroxylation is 1. The van der Waals surface area contributed by atoms with Crippen LogP contribution in [0, 0.1) is 6.92 Å². The van der Waals surface area contributed by atoms with Gasteiger partial charge in [0.2, 0.25) is 5.79 Å². The molecule has 3 aliphatic rings. The number of rotatable bonds is 5. The quantitative estimate of drug-likeness (QED) is 0.276. The van der Waals surface area contributed by atoms with Crippen molar-refractivity contribution >= 4 is 15.9 Å². The highest BCUT2D eigenvalue weighted by molar-refractivity contribution is 7.85.